The molecule has 1 aromatic rings. The highest BCUT2D eigenvalue weighted by molar-refractivity contribution is 5.79. The number of rotatable bonds is 2. The monoisotopic (exact) mass is 234 g/mol. The second kappa shape index (κ2) is 5.03. The van der Waals surface area contributed by atoms with Gasteiger partial charge in [-0.2, -0.15) is 0 Å². The van der Waals surface area contributed by atoms with Gasteiger partial charge in [0.2, 0.25) is 5.91 Å². The fourth-order valence-electron chi connectivity index (χ4n) is 2.21. The molecule has 1 aliphatic heterocycles. The van der Waals surface area contributed by atoms with E-state index in [0.29, 0.717) is 5.69 Å². The largest absolute Gasteiger partial charge is 0.399 e. The molecule has 1 atom stereocenters. The molecule has 5 heteroatoms. The molecule has 1 fully saturated rings. The van der Waals surface area contributed by atoms with Crippen molar-refractivity contribution >= 4 is 17.4 Å². The number of carbonyl (C=O) groups excluding carboxylic acids is 1. The lowest BCUT2D eigenvalue weighted by molar-refractivity contribution is -0.124. The third-order valence-electron chi connectivity index (χ3n) is 3.13. The van der Waals surface area contributed by atoms with Crippen molar-refractivity contribution in [2.24, 2.45) is 5.92 Å². The van der Waals surface area contributed by atoms with Gasteiger partial charge in [0, 0.05) is 38.1 Å². The van der Waals surface area contributed by atoms with Crippen LogP contribution in [0.5, 0.6) is 0 Å². The van der Waals surface area contributed by atoms with Crippen LogP contribution in [0.15, 0.2) is 18.3 Å². The van der Waals surface area contributed by atoms with Crippen LogP contribution in [0.2, 0.25) is 0 Å². The number of amides is 1. The molecule has 1 saturated heterocycles. The maximum Gasteiger partial charge on any atom is 0.224 e. The van der Waals surface area contributed by atoms with Crippen LogP contribution < -0.4 is 16.0 Å². The van der Waals surface area contributed by atoms with E-state index in [1.54, 1.807) is 19.3 Å². The van der Waals surface area contributed by atoms with E-state index in [1.807, 2.05) is 6.07 Å². The van der Waals surface area contributed by atoms with E-state index >= 15 is 0 Å². The van der Waals surface area contributed by atoms with Crippen LogP contribution >= 0.6 is 0 Å². The Kier molecular flexibility index (Phi) is 3.46. The number of nitrogens with two attached hydrogens (primary N) is 1. The summed E-state index contributed by atoms with van der Waals surface area (Å²) in [4.78, 5) is 18.0. The maximum atomic E-state index is 11.6. The van der Waals surface area contributed by atoms with Gasteiger partial charge in [0.15, 0.2) is 0 Å². The molecule has 5 nitrogen and oxygen atoms in total. The first-order chi connectivity index (χ1) is 8.20. The quantitative estimate of drug-likeness (QED) is 0.787. The molecule has 2 rings (SSSR count). The number of carbonyl (C=O) groups is 1. The van der Waals surface area contributed by atoms with Gasteiger partial charge in [-0.3, -0.25) is 4.79 Å². The molecule has 1 amide bonds. The summed E-state index contributed by atoms with van der Waals surface area (Å²) in [5, 5.41) is 2.71. The van der Waals surface area contributed by atoms with Gasteiger partial charge in [0.25, 0.3) is 0 Å². The maximum absolute atomic E-state index is 11.6. The summed E-state index contributed by atoms with van der Waals surface area (Å²) in [6.45, 7) is 1.65. The van der Waals surface area contributed by atoms with Crippen LogP contribution in [0.3, 0.4) is 0 Å². The topological polar surface area (TPSA) is 71.2 Å². The molecule has 0 spiro atoms. The summed E-state index contributed by atoms with van der Waals surface area (Å²) in [6, 6.07) is 3.62. The smallest absolute Gasteiger partial charge is 0.224 e. The highest BCUT2D eigenvalue weighted by Gasteiger charge is 2.25. The van der Waals surface area contributed by atoms with E-state index in [9.17, 15) is 4.79 Å². The predicted molar refractivity (Wildman–Crippen MR) is 67.7 cm³/mol. The van der Waals surface area contributed by atoms with Crippen LogP contribution in [0.1, 0.15) is 12.8 Å². The number of hydrogen-bond donors (Lipinski definition) is 2. The van der Waals surface area contributed by atoms with E-state index in [0.717, 1.165) is 31.7 Å². The molecule has 0 aliphatic carbocycles. The molecule has 0 saturated carbocycles. The molecule has 0 radical (unpaired) electrons. The number of piperidine rings is 1. The van der Waals surface area contributed by atoms with Gasteiger partial charge >= 0.3 is 0 Å². The highest BCUT2D eigenvalue weighted by atomic mass is 16.1. The van der Waals surface area contributed by atoms with Crippen molar-refractivity contribution in [1.82, 2.24) is 10.3 Å². The number of hydrogen-bond acceptors (Lipinski definition) is 4. The van der Waals surface area contributed by atoms with Crippen molar-refractivity contribution in [2.75, 3.05) is 30.8 Å². The van der Waals surface area contributed by atoms with Crippen molar-refractivity contribution in [3.8, 4) is 0 Å². The van der Waals surface area contributed by atoms with Crippen LogP contribution in [0, 0.1) is 5.92 Å². The summed E-state index contributed by atoms with van der Waals surface area (Å²) in [6.07, 6.45) is 3.65. The molecule has 1 aromatic heterocycles. The van der Waals surface area contributed by atoms with Crippen molar-refractivity contribution in [3.63, 3.8) is 0 Å². The Balaban J connectivity index is 2.09. The summed E-state index contributed by atoms with van der Waals surface area (Å²) >= 11 is 0. The Morgan fingerprint density at radius 1 is 1.65 bits per heavy atom. The molecular formula is C12H18N4O. The molecule has 1 aliphatic rings. The Bertz CT molecular complexity index is 407. The van der Waals surface area contributed by atoms with Crippen molar-refractivity contribution < 1.29 is 4.79 Å². The predicted octanol–water partition coefficient (Wildman–Crippen LogP) is 0.626. The summed E-state index contributed by atoms with van der Waals surface area (Å²) in [5.41, 5.74) is 6.45. The number of anilines is 2. The third kappa shape index (κ3) is 2.67. The van der Waals surface area contributed by atoms with E-state index in [1.165, 1.54) is 0 Å². The molecule has 3 N–H and O–H groups in total. The lowest BCUT2D eigenvalue weighted by Crippen LogP contribution is -2.42. The molecule has 0 aromatic carbocycles. The molecular weight excluding hydrogens is 216 g/mol. The third-order valence-corrected chi connectivity index (χ3v) is 3.13. The minimum atomic E-state index is 0.0528. The minimum Gasteiger partial charge on any atom is -0.399 e. The van der Waals surface area contributed by atoms with Gasteiger partial charge < -0.3 is 16.0 Å². The average molecular weight is 234 g/mol. The van der Waals surface area contributed by atoms with Gasteiger partial charge in [0.1, 0.15) is 5.82 Å². The van der Waals surface area contributed by atoms with E-state index in [2.05, 4.69) is 15.2 Å². The first kappa shape index (κ1) is 11.7. The first-order valence-electron chi connectivity index (χ1n) is 5.89. The van der Waals surface area contributed by atoms with Gasteiger partial charge in [-0.1, -0.05) is 0 Å². The summed E-state index contributed by atoms with van der Waals surface area (Å²) in [5.74, 6) is 1.02. The van der Waals surface area contributed by atoms with E-state index < -0.39 is 0 Å². The average Bonchev–Trinajstić information content (AvgIpc) is 2.38. The Hall–Kier alpha value is -1.78. The standard InChI is InChI=1S/C12H18N4O/c1-14-12(17)9-3-2-6-16(8-9)11-7-10(13)4-5-15-11/h4-5,7,9H,2-3,6,8H2,1H3,(H2,13,15)(H,14,17). The fourth-order valence-corrected chi connectivity index (χ4v) is 2.21. The summed E-state index contributed by atoms with van der Waals surface area (Å²) in [7, 11) is 1.68. The second-order valence-electron chi connectivity index (χ2n) is 4.35. The zero-order valence-corrected chi connectivity index (χ0v) is 10.0. The van der Waals surface area contributed by atoms with Gasteiger partial charge in [-0.25, -0.2) is 4.98 Å². The van der Waals surface area contributed by atoms with Crippen molar-refractivity contribution in [2.45, 2.75) is 12.8 Å². The normalized spacial score (nSPS) is 20.1. The summed E-state index contributed by atoms with van der Waals surface area (Å²) < 4.78 is 0. The van der Waals surface area contributed by atoms with Crippen molar-refractivity contribution in [1.29, 1.82) is 0 Å². The lowest BCUT2D eigenvalue weighted by atomic mass is 9.97. The zero-order chi connectivity index (χ0) is 12.3. The number of nitrogens with one attached hydrogen (secondary N) is 1. The molecule has 2 heterocycles. The number of nitrogens with zero attached hydrogens (tertiary/aromatic N) is 2. The highest BCUT2D eigenvalue weighted by Crippen LogP contribution is 2.22. The molecule has 1 unspecified atom stereocenters. The molecule has 0 bridgehead atoms. The van der Waals surface area contributed by atoms with Crippen molar-refractivity contribution in [3.05, 3.63) is 18.3 Å². The molecule has 17 heavy (non-hydrogen) atoms. The van der Waals surface area contributed by atoms with Gasteiger partial charge in [0.05, 0.1) is 5.92 Å². The van der Waals surface area contributed by atoms with Crippen LogP contribution in [0.25, 0.3) is 0 Å². The minimum absolute atomic E-state index is 0.0528. The van der Waals surface area contributed by atoms with Gasteiger partial charge in [-0.05, 0) is 18.9 Å². The SMILES string of the molecule is CNC(=O)C1CCCN(c2cc(N)ccn2)C1. The number of aromatic nitrogens is 1. The first-order valence-corrected chi connectivity index (χ1v) is 5.89. The van der Waals surface area contributed by atoms with Gasteiger partial charge in [-0.15, -0.1) is 0 Å². The van der Waals surface area contributed by atoms with E-state index in [-0.39, 0.29) is 11.8 Å². The van der Waals surface area contributed by atoms with Crippen LogP contribution in [-0.4, -0.2) is 31.0 Å². The van der Waals surface area contributed by atoms with Crippen LogP contribution in [0.4, 0.5) is 11.5 Å². The Morgan fingerprint density at radius 3 is 3.18 bits per heavy atom. The van der Waals surface area contributed by atoms with Crippen LogP contribution in [-0.2, 0) is 4.79 Å². The Morgan fingerprint density at radius 2 is 2.47 bits per heavy atom. The lowest BCUT2D eigenvalue weighted by Gasteiger charge is -2.32. The zero-order valence-electron chi connectivity index (χ0n) is 10.0. The number of pyridine rings is 1. The number of nitrogen functional groups attached to an aromatic ring is 1. The second-order valence-corrected chi connectivity index (χ2v) is 4.35. The van der Waals surface area contributed by atoms with E-state index in [4.69, 9.17) is 5.73 Å². The fraction of sp³-hybridized carbons (Fsp3) is 0.500. The Labute approximate surface area is 101 Å². The molecule has 92 valence electrons.